The van der Waals surface area contributed by atoms with Crippen molar-refractivity contribution in [1.82, 2.24) is 15.2 Å². The van der Waals surface area contributed by atoms with E-state index >= 15 is 0 Å². The van der Waals surface area contributed by atoms with E-state index in [0.717, 1.165) is 6.42 Å². The second kappa shape index (κ2) is 8.80. The zero-order valence-corrected chi connectivity index (χ0v) is 18.8. The van der Waals surface area contributed by atoms with Gasteiger partial charge in [0, 0.05) is 17.7 Å². The molecule has 0 fully saturated rings. The molecule has 0 saturated carbocycles. The quantitative estimate of drug-likeness (QED) is 0.583. The van der Waals surface area contributed by atoms with Crippen LogP contribution in [0.4, 0.5) is 11.8 Å². The number of hydrogen-bond acceptors (Lipinski definition) is 6. The zero-order valence-electron chi connectivity index (χ0n) is 17.3. The first-order valence-electron chi connectivity index (χ1n) is 9.29. The van der Waals surface area contributed by atoms with Gasteiger partial charge in [-0.15, -0.1) is 10.2 Å². The Hall–Kier alpha value is -1.63. The molecule has 1 heterocycles. The van der Waals surface area contributed by atoms with Gasteiger partial charge >= 0.3 is 0 Å². The number of aromatic nitrogens is 3. The third kappa shape index (κ3) is 5.69. The molecule has 0 amide bonds. The van der Waals surface area contributed by atoms with Gasteiger partial charge < -0.3 is 15.8 Å². The van der Waals surface area contributed by atoms with Crippen LogP contribution in [0, 0.1) is 5.92 Å². The first-order chi connectivity index (χ1) is 12.9. The minimum Gasteiger partial charge on any atom is -0.382 e. The number of hydrogen-bond donors (Lipinski definition) is 2. The van der Waals surface area contributed by atoms with Gasteiger partial charge in [0.25, 0.3) is 0 Å². The lowest BCUT2D eigenvalue weighted by Gasteiger charge is -2.32. The smallest absolute Gasteiger partial charge is 0.245 e. The van der Waals surface area contributed by atoms with Crippen molar-refractivity contribution < 1.29 is 4.74 Å². The topological polar surface area (TPSA) is 86.0 Å². The highest BCUT2D eigenvalue weighted by Gasteiger charge is 2.26. The fraction of sp³-hybridized carbons (Fsp3) is 0.550. The van der Waals surface area contributed by atoms with E-state index in [1.165, 1.54) is 0 Å². The Balaban J connectivity index is 2.08. The van der Waals surface area contributed by atoms with E-state index in [4.69, 9.17) is 33.7 Å². The van der Waals surface area contributed by atoms with E-state index < -0.39 is 0 Å². The van der Waals surface area contributed by atoms with Crippen LogP contribution in [0.5, 0.6) is 0 Å². The lowest BCUT2D eigenvalue weighted by molar-refractivity contribution is -0.0542. The Morgan fingerprint density at radius 3 is 2.43 bits per heavy atom. The van der Waals surface area contributed by atoms with Crippen LogP contribution < -0.4 is 11.1 Å². The Labute approximate surface area is 177 Å². The van der Waals surface area contributed by atoms with Crippen LogP contribution in [-0.4, -0.2) is 32.9 Å². The molecule has 8 heteroatoms. The Bertz CT molecular complexity index is 824. The van der Waals surface area contributed by atoms with Crippen LogP contribution in [0.2, 0.25) is 10.0 Å². The van der Waals surface area contributed by atoms with Gasteiger partial charge in [-0.05, 0) is 46.1 Å². The van der Waals surface area contributed by atoms with Gasteiger partial charge in [0.15, 0.2) is 5.82 Å². The van der Waals surface area contributed by atoms with E-state index in [1.54, 1.807) is 18.2 Å². The van der Waals surface area contributed by atoms with Gasteiger partial charge in [0.05, 0.1) is 15.6 Å². The Morgan fingerprint density at radius 1 is 1.14 bits per heavy atom. The molecule has 2 rings (SSSR count). The number of benzene rings is 1. The van der Waals surface area contributed by atoms with Gasteiger partial charge in [-0.2, -0.15) is 4.98 Å². The molecule has 3 N–H and O–H groups in total. The summed E-state index contributed by atoms with van der Waals surface area (Å²) >= 11 is 12.3. The summed E-state index contributed by atoms with van der Waals surface area (Å²) in [4.78, 5) is 4.34. The van der Waals surface area contributed by atoms with E-state index in [-0.39, 0.29) is 17.0 Å². The average molecular weight is 426 g/mol. The standard InChI is InChI=1S/C20H29Cl2N5O/c1-12(2)20(5,6)28-11-10-19(3,4)25-18-24-17(23)16(26-27-18)13-8-7-9-14(21)15(13)22/h7-9,12H,10-11H2,1-6H3,(H3,23,24,25,27). The Morgan fingerprint density at radius 2 is 1.82 bits per heavy atom. The molecule has 28 heavy (non-hydrogen) atoms. The summed E-state index contributed by atoms with van der Waals surface area (Å²) in [5.41, 5.74) is 6.64. The molecule has 0 unspecified atom stereocenters. The molecule has 0 saturated heterocycles. The summed E-state index contributed by atoms with van der Waals surface area (Å²) in [5, 5.41) is 12.4. The molecule has 0 aliphatic heterocycles. The maximum absolute atomic E-state index is 6.25. The maximum atomic E-state index is 6.25. The highest BCUT2D eigenvalue weighted by Crippen LogP contribution is 2.34. The number of nitrogens with zero attached hydrogens (tertiary/aromatic N) is 3. The van der Waals surface area contributed by atoms with Crippen molar-refractivity contribution in [2.24, 2.45) is 5.92 Å². The van der Waals surface area contributed by atoms with Gasteiger partial charge in [0.1, 0.15) is 5.69 Å². The van der Waals surface area contributed by atoms with Gasteiger partial charge in [-0.1, -0.05) is 49.2 Å². The normalized spacial score (nSPS) is 12.5. The zero-order chi connectivity index (χ0) is 21.1. The fourth-order valence-electron chi connectivity index (χ4n) is 2.37. The lowest BCUT2D eigenvalue weighted by atomic mass is 9.94. The minimum atomic E-state index is -0.295. The van der Waals surface area contributed by atoms with Crippen LogP contribution in [-0.2, 0) is 4.74 Å². The molecule has 1 aromatic carbocycles. The predicted molar refractivity (Wildman–Crippen MR) is 117 cm³/mol. The molecule has 6 nitrogen and oxygen atoms in total. The average Bonchev–Trinajstić information content (AvgIpc) is 2.57. The third-order valence-corrected chi connectivity index (χ3v) is 5.78. The predicted octanol–water partition coefficient (Wildman–Crippen LogP) is 5.46. The number of nitrogens with two attached hydrogens (primary N) is 1. The van der Waals surface area contributed by atoms with Gasteiger partial charge in [-0.3, -0.25) is 0 Å². The number of rotatable bonds is 8. The summed E-state index contributed by atoms with van der Waals surface area (Å²) in [6.07, 6.45) is 0.772. The second-order valence-corrected chi connectivity index (χ2v) is 9.12. The maximum Gasteiger partial charge on any atom is 0.245 e. The Kier molecular flexibility index (Phi) is 7.12. The first kappa shape index (κ1) is 22.7. The van der Waals surface area contributed by atoms with Crippen molar-refractivity contribution in [3.63, 3.8) is 0 Å². The molecule has 0 radical (unpaired) electrons. The van der Waals surface area contributed by atoms with E-state index in [0.29, 0.717) is 39.8 Å². The van der Waals surface area contributed by atoms with E-state index in [1.807, 2.05) is 0 Å². The van der Waals surface area contributed by atoms with Crippen LogP contribution in [0.3, 0.4) is 0 Å². The van der Waals surface area contributed by atoms with Crippen molar-refractivity contribution in [2.45, 2.75) is 59.1 Å². The molecule has 0 spiro atoms. The number of nitrogen functional groups attached to an aromatic ring is 1. The molecule has 2 aromatic rings. The fourth-order valence-corrected chi connectivity index (χ4v) is 2.76. The molecular formula is C20H29Cl2N5O. The number of anilines is 2. The van der Waals surface area contributed by atoms with Gasteiger partial charge in [-0.25, -0.2) is 0 Å². The van der Waals surface area contributed by atoms with E-state index in [2.05, 4.69) is 62.0 Å². The third-order valence-electron chi connectivity index (χ3n) is 4.96. The summed E-state index contributed by atoms with van der Waals surface area (Å²) in [6, 6.07) is 5.26. The van der Waals surface area contributed by atoms with Crippen LogP contribution in [0.1, 0.15) is 48.0 Å². The molecule has 154 valence electrons. The summed E-state index contributed by atoms with van der Waals surface area (Å²) < 4.78 is 6.04. The van der Waals surface area contributed by atoms with Crippen LogP contribution in [0.15, 0.2) is 18.2 Å². The van der Waals surface area contributed by atoms with Crippen molar-refractivity contribution in [1.29, 1.82) is 0 Å². The molecule has 0 atom stereocenters. The minimum absolute atomic E-state index is 0.170. The first-order valence-corrected chi connectivity index (χ1v) is 10.1. The second-order valence-electron chi connectivity index (χ2n) is 8.34. The molecule has 0 bridgehead atoms. The number of halogens is 2. The largest absolute Gasteiger partial charge is 0.382 e. The van der Waals surface area contributed by atoms with Crippen molar-refractivity contribution in [2.75, 3.05) is 17.7 Å². The summed E-state index contributed by atoms with van der Waals surface area (Å²) in [7, 11) is 0. The molecule has 1 aromatic heterocycles. The number of ether oxygens (including phenoxy) is 1. The monoisotopic (exact) mass is 425 g/mol. The van der Waals surface area contributed by atoms with Gasteiger partial charge in [0.2, 0.25) is 5.95 Å². The molecule has 0 aliphatic carbocycles. The van der Waals surface area contributed by atoms with Crippen LogP contribution >= 0.6 is 23.2 Å². The van der Waals surface area contributed by atoms with Crippen molar-refractivity contribution in [3.8, 4) is 11.3 Å². The van der Waals surface area contributed by atoms with E-state index in [9.17, 15) is 0 Å². The van der Waals surface area contributed by atoms with Crippen LogP contribution in [0.25, 0.3) is 11.3 Å². The highest BCUT2D eigenvalue weighted by atomic mass is 35.5. The van der Waals surface area contributed by atoms with Crippen molar-refractivity contribution >= 4 is 35.0 Å². The van der Waals surface area contributed by atoms with Crippen molar-refractivity contribution in [3.05, 3.63) is 28.2 Å². The summed E-state index contributed by atoms with van der Waals surface area (Å²) in [5.74, 6) is 1.02. The lowest BCUT2D eigenvalue weighted by Crippen LogP contribution is -2.37. The highest BCUT2D eigenvalue weighted by molar-refractivity contribution is 6.43. The SMILES string of the molecule is CC(C)C(C)(C)OCCC(C)(C)Nc1nnc(-c2cccc(Cl)c2Cl)c(N)n1. The summed E-state index contributed by atoms with van der Waals surface area (Å²) in [6.45, 7) is 13.2. The number of nitrogens with one attached hydrogen (secondary N) is 1. The molecular weight excluding hydrogens is 397 g/mol. The molecule has 0 aliphatic rings.